The van der Waals surface area contributed by atoms with Crippen LogP contribution in [-0.2, 0) is 0 Å². The van der Waals surface area contributed by atoms with Gasteiger partial charge in [-0.3, -0.25) is 0 Å². The second-order valence-corrected chi connectivity index (χ2v) is 21.5. The fraction of sp³-hybridized carbons (Fsp3) is 0. The van der Waals surface area contributed by atoms with E-state index in [1.54, 1.807) is 0 Å². The quantitative estimate of drug-likeness (QED) is 0.0885. The first-order valence-corrected chi connectivity index (χ1v) is 27.5. The van der Waals surface area contributed by atoms with Crippen LogP contribution in [0.2, 0.25) is 0 Å². The molecule has 0 saturated heterocycles. The Morgan fingerprint density at radius 2 is 0.579 bits per heavy atom. The van der Waals surface area contributed by atoms with E-state index < -0.39 is 0 Å². The van der Waals surface area contributed by atoms with E-state index in [1.807, 2.05) is 0 Å². The van der Waals surface area contributed by atoms with E-state index in [9.17, 15) is 0 Å². The van der Waals surface area contributed by atoms with Crippen molar-refractivity contribution in [3.8, 4) is 100 Å². The molecule has 1 heteroatoms. The summed E-state index contributed by atoms with van der Waals surface area (Å²) >= 11 is 0. The lowest BCUT2D eigenvalue weighted by Crippen LogP contribution is -2.01. The summed E-state index contributed by atoms with van der Waals surface area (Å²) in [6, 6.07) is 93.7. The predicted octanol–water partition coefficient (Wildman–Crippen LogP) is 20.8. The Kier molecular flexibility index (Phi) is 8.71. The molecule has 2 aliphatic carbocycles. The largest absolute Gasteiger partial charge is 0.0758 e. The third-order valence-electron chi connectivity index (χ3n) is 17.1. The van der Waals surface area contributed by atoms with Crippen molar-refractivity contribution in [1.29, 1.82) is 0 Å². The van der Waals surface area contributed by atoms with Gasteiger partial charge in [-0.25, -0.2) is 0 Å². The average Bonchev–Trinajstić information content (AvgIpc) is 4.20. The highest BCUT2D eigenvalue weighted by atomic mass is 31.1. The smallest absolute Gasteiger partial charge is 0.00910 e. The number of fused-ring (bicyclic) bond motifs is 11. The van der Waals surface area contributed by atoms with Gasteiger partial charge >= 0.3 is 0 Å². The Hall–Kier alpha value is -9.45. The van der Waals surface area contributed by atoms with Gasteiger partial charge in [-0.1, -0.05) is 245 Å². The van der Waals surface area contributed by atoms with Crippen LogP contribution in [0.25, 0.3) is 176 Å². The normalized spacial score (nSPS) is 12.4. The summed E-state index contributed by atoms with van der Waals surface area (Å²) in [6.45, 7) is 0. The van der Waals surface area contributed by atoms with Crippen molar-refractivity contribution in [2.45, 2.75) is 0 Å². The molecule has 0 fully saturated rings. The molecule has 76 heavy (non-hydrogen) atoms. The van der Waals surface area contributed by atoms with Crippen LogP contribution in [-0.4, -0.2) is 6.30 Å². The van der Waals surface area contributed by atoms with Crippen LogP contribution >= 0.6 is 8.20 Å². The third-order valence-corrected chi connectivity index (χ3v) is 17.9. The maximum Gasteiger partial charge on any atom is 0.00910 e. The fourth-order valence-electron chi connectivity index (χ4n) is 14.2. The SMILES string of the molecule is C=Pc1ccccc1-c1c2c(c(-c3ccccc3)c3ccccc13)-c1ccc3c4ccc5c6c(ccc(c7ccc-2c1c37)c64)-c1cc2c(-c3ccccc3)c3ccccc3c(-c3ccccc3-c3ccccc3)c2cc1-5. The van der Waals surface area contributed by atoms with Crippen molar-refractivity contribution in [1.82, 2.24) is 0 Å². The van der Waals surface area contributed by atoms with Crippen LogP contribution in [0.15, 0.2) is 249 Å². The third kappa shape index (κ3) is 5.56. The molecule has 0 unspecified atom stereocenters. The molecule has 0 aromatic heterocycles. The zero-order valence-electron chi connectivity index (χ0n) is 41.3. The Balaban J connectivity index is 0.962. The number of rotatable bonds is 6. The lowest BCUT2D eigenvalue weighted by molar-refractivity contribution is 1.60. The predicted molar refractivity (Wildman–Crippen MR) is 330 cm³/mol. The van der Waals surface area contributed by atoms with Crippen LogP contribution < -0.4 is 5.30 Å². The van der Waals surface area contributed by atoms with Crippen molar-refractivity contribution in [3.05, 3.63) is 249 Å². The monoisotopic (exact) mass is 974 g/mol. The average molecular weight is 975 g/mol. The van der Waals surface area contributed by atoms with Gasteiger partial charge in [-0.05, 0) is 194 Å². The van der Waals surface area contributed by atoms with Crippen LogP contribution in [0.1, 0.15) is 0 Å². The molecule has 0 heterocycles. The Morgan fingerprint density at radius 1 is 0.197 bits per heavy atom. The van der Waals surface area contributed by atoms with Crippen LogP contribution in [0, 0.1) is 0 Å². The number of benzene rings is 15. The van der Waals surface area contributed by atoms with Crippen LogP contribution in [0.5, 0.6) is 0 Å². The van der Waals surface area contributed by atoms with E-state index in [1.165, 1.54) is 181 Å². The Labute approximate surface area is 441 Å². The number of hydrogen-bond donors (Lipinski definition) is 0. The molecule has 0 radical (unpaired) electrons. The highest BCUT2D eigenvalue weighted by Gasteiger charge is 2.34. The molecule has 348 valence electrons. The molecule has 0 atom stereocenters. The molecular formula is C75H43P. The van der Waals surface area contributed by atoms with Crippen molar-refractivity contribution in [3.63, 3.8) is 0 Å². The highest BCUT2D eigenvalue weighted by molar-refractivity contribution is 7.46. The second kappa shape index (κ2) is 15.8. The van der Waals surface area contributed by atoms with Gasteiger partial charge in [-0.2, -0.15) is 0 Å². The maximum absolute atomic E-state index is 4.41. The minimum atomic E-state index is 1.00. The Bertz CT molecular complexity index is 5010. The maximum atomic E-state index is 4.41. The van der Waals surface area contributed by atoms with Crippen molar-refractivity contribution in [2.75, 3.05) is 0 Å². The summed E-state index contributed by atoms with van der Waals surface area (Å²) in [5.74, 6) is 0. The molecule has 0 amide bonds. The van der Waals surface area contributed by atoms with Crippen LogP contribution in [0.3, 0.4) is 0 Å². The summed E-state index contributed by atoms with van der Waals surface area (Å²) in [5.41, 5.74) is 23.0. The first-order chi connectivity index (χ1) is 37.7. The zero-order chi connectivity index (χ0) is 49.8. The zero-order valence-corrected chi connectivity index (χ0v) is 42.2. The van der Waals surface area contributed by atoms with E-state index in [0.29, 0.717) is 0 Å². The molecule has 15 aromatic carbocycles. The minimum absolute atomic E-state index is 1.00. The molecule has 0 N–H and O–H groups in total. The van der Waals surface area contributed by atoms with Gasteiger partial charge in [0.2, 0.25) is 0 Å². The van der Waals surface area contributed by atoms with Gasteiger partial charge in [-0.15, -0.1) is 0 Å². The molecular weight excluding hydrogens is 932 g/mol. The summed E-state index contributed by atoms with van der Waals surface area (Å²) < 4.78 is 0. The van der Waals surface area contributed by atoms with Gasteiger partial charge in [0.15, 0.2) is 0 Å². The molecule has 0 aliphatic heterocycles. The molecule has 2 aliphatic rings. The molecule has 15 aromatic rings. The van der Waals surface area contributed by atoms with E-state index in [4.69, 9.17) is 0 Å². The highest BCUT2D eigenvalue weighted by Crippen LogP contribution is 2.61. The summed E-state index contributed by atoms with van der Waals surface area (Å²) in [6.07, 6.45) is 4.41. The molecule has 0 saturated carbocycles. The lowest BCUT2D eigenvalue weighted by Gasteiger charge is -2.21. The van der Waals surface area contributed by atoms with Crippen molar-refractivity contribution >= 4 is 95.2 Å². The van der Waals surface area contributed by atoms with Crippen LogP contribution in [0.4, 0.5) is 0 Å². The first kappa shape index (κ1) is 42.0. The van der Waals surface area contributed by atoms with E-state index in [0.717, 1.165) is 8.20 Å². The van der Waals surface area contributed by atoms with Gasteiger partial charge in [0, 0.05) is 5.30 Å². The molecule has 0 bridgehead atoms. The Morgan fingerprint density at radius 3 is 1.13 bits per heavy atom. The molecule has 17 rings (SSSR count). The summed E-state index contributed by atoms with van der Waals surface area (Å²) in [5, 5.41) is 19.5. The standard InChI is InChI=1S/C75H43P/c1-76-65-32-18-17-31-58(65)72-51-30-16-14-28-49(51)67(45-23-9-4-10-24-45)74-59-39-37-54-52-34-36-57-62-42-64-63(41-61(62)56-35-33-53(69(52)71(56)57)55-38-40-60(75(72)74)73(59)70(54)55)66(44-21-7-3-8-22-44)48-27-13-15-29-50(48)68(64)47-26-12-11-25-46(47)43-19-5-2-6-20-43/h2-42H,1H2. The lowest BCUT2D eigenvalue weighted by atomic mass is 9.82. The van der Waals surface area contributed by atoms with Gasteiger partial charge in [0.1, 0.15) is 0 Å². The fourth-order valence-corrected chi connectivity index (χ4v) is 14.7. The molecule has 0 nitrogen and oxygen atoms in total. The van der Waals surface area contributed by atoms with E-state index in [-0.39, 0.29) is 0 Å². The summed E-state index contributed by atoms with van der Waals surface area (Å²) in [7, 11) is 1.00. The minimum Gasteiger partial charge on any atom is -0.0758 e. The topological polar surface area (TPSA) is 0 Å². The van der Waals surface area contributed by atoms with Crippen molar-refractivity contribution < 1.29 is 0 Å². The van der Waals surface area contributed by atoms with E-state index in [2.05, 4.69) is 255 Å². The van der Waals surface area contributed by atoms with Crippen molar-refractivity contribution in [2.24, 2.45) is 0 Å². The van der Waals surface area contributed by atoms with Gasteiger partial charge in [0.25, 0.3) is 0 Å². The summed E-state index contributed by atoms with van der Waals surface area (Å²) in [4.78, 5) is 0. The number of hydrogen-bond acceptors (Lipinski definition) is 0. The molecule has 0 spiro atoms. The van der Waals surface area contributed by atoms with Gasteiger partial charge < -0.3 is 0 Å². The van der Waals surface area contributed by atoms with Gasteiger partial charge in [0.05, 0.1) is 0 Å². The second-order valence-electron chi connectivity index (χ2n) is 20.7. The van der Waals surface area contributed by atoms with E-state index >= 15 is 0 Å². The first-order valence-electron chi connectivity index (χ1n) is 26.4.